The molecule has 1 saturated heterocycles. The molecule has 1 amide bonds. The van der Waals surface area contributed by atoms with Crippen LogP contribution in [-0.4, -0.2) is 63.7 Å². The molecule has 0 unspecified atom stereocenters. The molecule has 1 aliphatic rings. The third kappa shape index (κ3) is 5.22. The van der Waals surface area contributed by atoms with Crippen LogP contribution in [0.4, 0.5) is 5.69 Å². The first-order chi connectivity index (χ1) is 18.0. The normalized spacial score (nSPS) is 13.9. The molecule has 3 aromatic carbocycles. The van der Waals surface area contributed by atoms with Crippen LogP contribution < -0.4 is 4.74 Å². The SMILES string of the molecule is COc1ccccc1-c1nn(-c2ccccc2)cc1C(=O)N1CCN(Cc2cccc([N+](=O)[O-])c2)CC1. The molecule has 2 heterocycles. The van der Waals surface area contributed by atoms with Crippen LogP contribution in [0.5, 0.6) is 5.75 Å². The Kier molecular flexibility index (Phi) is 6.96. The number of amides is 1. The molecule has 0 N–H and O–H groups in total. The summed E-state index contributed by atoms with van der Waals surface area (Å²) in [4.78, 5) is 28.5. The molecule has 1 aromatic heterocycles. The average molecular weight is 498 g/mol. The van der Waals surface area contributed by atoms with Crippen molar-refractivity contribution in [3.8, 4) is 22.7 Å². The molecule has 5 rings (SSSR count). The zero-order valence-corrected chi connectivity index (χ0v) is 20.5. The molecule has 0 bridgehead atoms. The number of rotatable bonds is 7. The topological polar surface area (TPSA) is 93.7 Å². The number of carbonyl (C=O) groups excluding carboxylic acids is 1. The number of methoxy groups -OCH3 is 1. The molecule has 4 aromatic rings. The van der Waals surface area contributed by atoms with Crippen molar-refractivity contribution in [3.05, 3.63) is 106 Å². The molecule has 9 heteroatoms. The van der Waals surface area contributed by atoms with Crippen LogP contribution >= 0.6 is 0 Å². The number of ether oxygens (including phenoxy) is 1. The van der Waals surface area contributed by atoms with Gasteiger partial charge in [-0.2, -0.15) is 5.10 Å². The monoisotopic (exact) mass is 497 g/mol. The van der Waals surface area contributed by atoms with Gasteiger partial charge in [-0.15, -0.1) is 0 Å². The largest absolute Gasteiger partial charge is 0.496 e. The van der Waals surface area contributed by atoms with E-state index < -0.39 is 0 Å². The lowest BCUT2D eigenvalue weighted by Gasteiger charge is -2.34. The smallest absolute Gasteiger partial charge is 0.269 e. The van der Waals surface area contributed by atoms with Gasteiger partial charge < -0.3 is 9.64 Å². The molecule has 9 nitrogen and oxygen atoms in total. The lowest BCUT2D eigenvalue weighted by atomic mass is 10.1. The molecule has 1 aliphatic heterocycles. The van der Waals surface area contributed by atoms with E-state index in [9.17, 15) is 14.9 Å². The predicted octanol–water partition coefficient (Wildman–Crippen LogP) is 4.41. The van der Waals surface area contributed by atoms with Crippen molar-refractivity contribution in [2.75, 3.05) is 33.3 Å². The summed E-state index contributed by atoms with van der Waals surface area (Å²) in [7, 11) is 1.61. The minimum Gasteiger partial charge on any atom is -0.496 e. The Morgan fingerprint density at radius 1 is 0.973 bits per heavy atom. The fraction of sp³-hybridized carbons (Fsp3) is 0.214. The van der Waals surface area contributed by atoms with Crippen molar-refractivity contribution < 1.29 is 14.5 Å². The zero-order valence-electron chi connectivity index (χ0n) is 20.5. The molecular formula is C28H27N5O4. The number of piperazine rings is 1. The van der Waals surface area contributed by atoms with E-state index in [2.05, 4.69) is 4.90 Å². The first-order valence-electron chi connectivity index (χ1n) is 12.1. The third-order valence-corrected chi connectivity index (χ3v) is 6.51. The zero-order chi connectivity index (χ0) is 25.8. The summed E-state index contributed by atoms with van der Waals surface area (Å²) in [5.74, 6) is 0.565. The summed E-state index contributed by atoms with van der Waals surface area (Å²) >= 11 is 0. The number of hydrogen-bond donors (Lipinski definition) is 0. The molecule has 188 valence electrons. The van der Waals surface area contributed by atoms with Crippen molar-refractivity contribution in [1.82, 2.24) is 19.6 Å². The van der Waals surface area contributed by atoms with Gasteiger partial charge in [-0.25, -0.2) is 4.68 Å². The van der Waals surface area contributed by atoms with Crippen LogP contribution in [0.2, 0.25) is 0 Å². The van der Waals surface area contributed by atoms with E-state index in [0.29, 0.717) is 49.7 Å². The van der Waals surface area contributed by atoms with Crippen LogP contribution in [0.1, 0.15) is 15.9 Å². The minimum absolute atomic E-state index is 0.0851. The second-order valence-corrected chi connectivity index (χ2v) is 8.87. The average Bonchev–Trinajstić information content (AvgIpc) is 3.39. The van der Waals surface area contributed by atoms with Gasteiger partial charge in [0.15, 0.2) is 0 Å². The molecular weight excluding hydrogens is 470 g/mol. The Morgan fingerprint density at radius 3 is 2.43 bits per heavy atom. The highest BCUT2D eigenvalue weighted by atomic mass is 16.6. The summed E-state index contributed by atoms with van der Waals surface area (Å²) in [5, 5.41) is 15.9. The molecule has 1 fully saturated rings. The lowest BCUT2D eigenvalue weighted by molar-refractivity contribution is -0.384. The van der Waals surface area contributed by atoms with E-state index in [1.807, 2.05) is 65.6 Å². The second-order valence-electron chi connectivity index (χ2n) is 8.87. The minimum atomic E-state index is -0.380. The van der Waals surface area contributed by atoms with E-state index in [1.54, 1.807) is 30.1 Å². The summed E-state index contributed by atoms with van der Waals surface area (Å²) in [6, 6.07) is 23.9. The fourth-order valence-electron chi connectivity index (χ4n) is 4.59. The predicted molar refractivity (Wildman–Crippen MR) is 140 cm³/mol. The summed E-state index contributed by atoms with van der Waals surface area (Å²) in [5.41, 5.74) is 3.68. The van der Waals surface area contributed by atoms with Crippen molar-refractivity contribution in [1.29, 1.82) is 0 Å². The molecule has 0 radical (unpaired) electrons. The molecule has 0 aliphatic carbocycles. The molecule has 0 saturated carbocycles. The summed E-state index contributed by atoms with van der Waals surface area (Å²) in [6.45, 7) is 3.05. The molecule has 0 spiro atoms. The number of nitro groups is 1. The maximum atomic E-state index is 13.8. The Hall–Kier alpha value is -4.50. The van der Waals surface area contributed by atoms with E-state index >= 15 is 0 Å². The van der Waals surface area contributed by atoms with Crippen LogP contribution in [0, 0.1) is 10.1 Å². The van der Waals surface area contributed by atoms with Gasteiger partial charge in [0.2, 0.25) is 0 Å². The van der Waals surface area contributed by atoms with E-state index in [4.69, 9.17) is 9.84 Å². The van der Waals surface area contributed by atoms with Gasteiger partial charge in [-0.3, -0.25) is 19.8 Å². The Balaban J connectivity index is 1.37. The Labute approximate surface area is 214 Å². The van der Waals surface area contributed by atoms with E-state index in [0.717, 1.165) is 16.8 Å². The number of nitrogens with zero attached hydrogens (tertiary/aromatic N) is 5. The van der Waals surface area contributed by atoms with Crippen LogP contribution in [0.25, 0.3) is 16.9 Å². The molecule has 0 atom stereocenters. The first-order valence-corrected chi connectivity index (χ1v) is 12.1. The van der Waals surface area contributed by atoms with Crippen molar-refractivity contribution >= 4 is 11.6 Å². The quantitative estimate of drug-likeness (QED) is 0.277. The lowest BCUT2D eigenvalue weighted by Crippen LogP contribution is -2.48. The van der Waals surface area contributed by atoms with E-state index in [1.165, 1.54) is 6.07 Å². The van der Waals surface area contributed by atoms with E-state index in [-0.39, 0.29) is 16.5 Å². The van der Waals surface area contributed by atoms with Gasteiger partial charge in [0.05, 0.1) is 23.3 Å². The van der Waals surface area contributed by atoms with Crippen molar-refractivity contribution in [2.24, 2.45) is 0 Å². The van der Waals surface area contributed by atoms with Gasteiger partial charge in [-0.1, -0.05) is 42.5 Å². The fourth-order valence-corrected chi connectivity index (χ4v) is 4.59. The third-order valence-electron chi connectivity index (χ3n) is 6.51. The highest BCUT2D eigenvalue weighted by molar-refractivity contribution is 6.00. The highest BCUT2D eigenvalue weighted by Crippen LogP contribution is 2.32. The van der Waals surface area contributed by atoms with Crippen molar-refractivity contribution in [2.45, 2.75) is 6.54 Å². The highest BCUT2D eigenvalue weighted by Gasteiger charge is 2.28. The van der Waals surface area contributed by atoms with Crippen LogP contribution in [-0.2, 0) is 6.54 Å². The van der Waals surface area contributed by atoms with Crippen LogP contribution in [0.15, 0.2) is 85.1 Å². The van der Waals surface area contributed by atoms with Crippen LogP contribution in [0.3, 0.4) is 0 Å². The number of para-hydroxylation sites is 2. The number of nitro benzene ring substituents is 1. The van der Waals surface area contributed by atoms with Gasteiger partial charge in [-0.05, 0) is 29.8 Å². The van der Waals surface area contributed by atoms with Gasteiger partial charge in [0, 0.05) is 56.6 Å². The Morgan fingerprint density at radius 2 is 1.70 bits per heavy atom. The number of benzene rings is 3. The first kappa shape index (κ1) is 24.2. The molecule has 37 heavy (non-hydrogen) atoms. The number of aromatic nitrogens is 2. The van der Waals surface area contributed by atoms with Crippen molar-refractivity contribution in [3.63, 3.8) is 0 Å². The second kappa shape index (κ2) is 10.6. The maximum absolute atomic E-state index is 13.8. The van der Waals surface area contributed by atoms with Gasteiger partial charge in [0.25, 0.3) is 11.6 Å². The number of non-ortho nitro benzene ring substituents is 1. The maximum Gasteiger partial charge on any atom is 0.269 e. The number of carbonyl (C=O) groups is 1. The summed E-state index contributed by atoms with van der Waals surface area (Å²) < 4.78 is 7.30. The Bertz CT molecular complexity index is 1410. The standard InChI is InChI=1S/C28H27N5O4/c1-37-26-13-6-5-12-24(26)27-25(20-32(29-27)22-9-3-2-4-10-22)28(34)31-16-14-30(15-17-31)19-21-8-7-11-23(18-21)33(35)36/h2-13,18,20H,14-17,19H2,1H3. The number of hydrogen-bond acceptors (Lipinski definition) is 6. The van der Waals surface area contributed by atoms with Gasteiger partial charge >= 0.3 is 0 Å². The summed E-state index contributed by atoms with van der Waals surface area (Å²) in [6.07, 6.45) is 1.79. The van der Waals surface area contributed by atoms with Gasteiger partial charge in [0.1, 0.15) is 11.4 Å².